The van der Waals surface area contributed by atoms with E-state index < -0.39 is 6.29 Å². The van der Waals surface area contributed by atoms with Gasteiger partial charge in [-0.2, -0.15) is 0 Å². The molecule has 8 N–H and O–H groups in total. The molecule has 6 heteroatoms. The maximum absolute atomic E-state index is 5.38. The smallest absolute Gasteiger partial charge is 0.190 e. The Kier molecular flexibility index (Phi) is 1.48. The van der Waals surface area contributed by atoms with Gasteiger partial charge >= 0.3 is 0 Å². The zero-order valence-corrected chi connectivity index (χ0v) is 5.36. The predicted octanol–water partition coefficient (Wildman–Crippen LogP) is -2.42. The van der Waals surface area contributed by atoms with Crippen LogP contribution in [0.1, 0.15) is 0 Å². The van der Waals surface area contributed by atoms with Crippen molar-refractivity contribution in [2.45, 2.75) is 6.29 Å². The molecule has 0 radical (unpaired) electrons. The zero-order valence-electron chi connectivity index (χ0n) is 5.36. The molecule has 0 bridgehead atoms. The molecule has 0 amide bonds. The summed E-state index contributed by atoms with van der Waals surface area (Å²) in [6, 6.07) is 0. The van der Waals surface area contributed by atoms with E-state index in [9.17, 15) is 0 Å². The summed E-state index contributed by atoms with van der Waals surface area (Å²) in [5.74, 6) is 5.95. The fraction of sp³-hybridized carbons (Fsp3) is 0.250. The van der Waals surface area contributed by atoms with Crippen LogP contribution in [0.15, 0.2) is 16.9 Å². The van der Waals surface area contributed by atoms with Crippen molar-refractivity contribution in [1.82, 2.24) is 5.01 Å². The minimum absolute atomic E-state index is 0.298. The Morgan fingerprint density at radius 3 is 2.60 bits per heavy atom. The van der Waals surface area contributed by atoms with Crippen molar-refractivity contribution < 1.29 is 0 Å². The number of rotatable bonds is 0. The van der Waals surface area contributed by atoms with E-state index in [0.717, 1.165) is 5.01 Å². The molecule has 1 aliphatic rings. The van der Waals surface area contributed by atoms with Crippen molar-refractivity contribution in [2.24, 2.45) is 28.0 Å². The Hall–Kier alpha value is -1.27. The first kappa shape index (κ1) is 6.84. The van der Waals surface area contributed by atoms with Crippen LogP contribution >= 0.6 is 0 Å². The third-order valence-corrected chi connectivity index (χ3v) is 1.16. The first-order valence-corrected chi connectivity index (χ1v) is 2.71. The third-order valence-electron chi connectivity index (χ3n) is 1.16. The lowest BCUT2D eigenvalue weighted by Crippen LogP contribution is -2.50. The first-order valence-electron chi connectivity index (χ1n) is 2.71. The largest absolute Gasteiger partial charge is 0.384 e. The van der Waals surface area contributed by atoms with Gasteiger partial charge in [0, 0.05) is 6.08 Å². The van der Waals surface area contributed by atoms with Gasteiger partial charge in [-0.05, 0) is 0 Å². The topological polar surface area (TPSA) is 120 Å². The molecule has 0 aromatic rings. The first-order chi connectivity index (χ1) is 4.61. The minimum atomic E-state index is -0.662. The zero-order chi connectivity index (χ0) is 7.72. The predicted molar refractivity (Wildman–Crippen MR) is 37.9 cm³/mol. The van der Waals surface area contributed by atoms with Crippen LogP contribution in [0.3, 0.4) is 0 Å². The normalized spacial score (nSPS) is 25.8. The molecule has 1 atom stereocenters. The molecule has 10 heavy (non-hydrogen) atoms. The van der Waals surface area contributed by atoms with Gasteiger partial charge in [0.2, 0.25) is 0 Å². The van der Waals surface area contributed by atoms with E-state index in [0.29, 0.717) is 11.7 Å². The maximum atomic E-state index is 5.38. The maximum Gasteiger partial charge on any atom is 0.190 e. The number of hydrogen-bond acceptors (Lipinski definition) is 6. The Morgan fingerprint density at radius 1 is 1.50 bits per heavy atom. The van der Waals surface area contributed by atoms with E-state index >= 15 is 0 Å². The van der Waals surface area contributed by atoms with E-state index in [2.05, 4.69) is 4.99 Å². The molecule has 0 spiro atoms. The van der Waals surface area contributed by atoms with Gasteiger partial charge in [-0.15, -0.1) is 0 Å². The quantitative estimate of drug-likeness (QED) is 0.280. The molecule has 56 valence electrons. The lowest BCUT2D eigenvalue weighted by molar-refractivity contribution is 0.265. The second kappa shape index (κ2) is 2.16. The highest BCUT2D eigenvalue weighted by Crippen LogP contribution is 2.00. The summed E-state index contributed by atoms with van der Waals surface area (Å²) in [6.45, 7) is 0. The highest BCUT2D eigenvalue weighted by Gasteiger charge is 2.14. The molecule has 1 heterocycles. The van der Waals surface area contributed by atoms with Crippen LogP contribution < -0.4 is 23.0 Å². The minimum Gasteiger partial charge on any atom is -0.384 e. The summed E-state index contributed by atoms with van der Waals surface area (Å²) in [7, 11) is 0. The lowest BCUT2D eigenvalue weighted by Gasteiger charge is -2.25. The SMILES string of the molecule is NC1=CC(N)=NC(N)N1N. The summed E-state index contributed by atoms with van der Waals surface area (Å²) in [5.41, 5.74) is 16.1. The molecular formula is C4H10N6. The van der Waals surface area contributed by atoms with Gasteiger partial charge in [-0.3, -0.25) is 10.7 Å². The Morgan fingerprint density at radius 2 is 2.10 bits per heavy atom. The summed E-state index contributed by atoms with van der Waals surface area (Å²) in [4.78, 5) is 3.73. The number of nitrogens with two attached hydrogens (primary N) is 4. The van der Waals surface area contributed by atoms with Crippen molar-refractivity contribution >= 4 is 5.84 Å². The van der Waals surface area contributed by atoms with Crippen molar-refractivity contribution in [3.05, 3.63) is 11.9 Å². The fourth-order valence-electron chi connectivity index (χ4n) is 0.631. The van der Waals surface area contributed by atoms with Gasteiger partial charge in [-0.25, -0.2) is 10.8 Å². The molecule has 0 aromatic heterocycles. The molecule has 0 aromatic carbocycles. The van der Waals surface area contributed by atoms with Gasteiger partial charge in [0.05, 0.1) is 0 Å². The number of nitrogens with zero attached hydrogens (tertiary/aromatic N) is 2. The number of amidine groups is 1. The van der Waals surface area contributed by atoms with Crippen LogP contribution in [0.2, 0.25) is 0 Å². The van der Waals surface area contributed by atoms with E-state index in [1.807, 2.05) is 0 Å². The van der Waals surface area contributed by atoms with Crippen LogP contribution in [0, 0.1) is 0 Å². The second-order valence-corrected chi connectivity index (χ2v) is 1.94. The molecule has 6 nitrogen and oxygen atoms in total. The van der Waals surface area contributed by atoms with E-state index in [-0.39, 0.29) is 0 Å². The molecule has 0 fully saturated rings. The van der Waals surface area contributed by atoms with Crippen molar-refractivity contribution in [1.29, 1.82) is 0 Å². The van der Waals surface area contributed by atoms with Gasteiger partial charge < -0.3 is 11.5 Å². The van der Waals surface area contributed by atoms with Crippen LogP contribution in [0.4, 0.5) is 0 Å². The van der Waals surface area contributed by atoms with E-state index in [4.69, 9.17) is 23.0 Å². The van der Waals surface area contributed by atoms with Crippen molar-refractivity contribution in [3.63, 3.8) is 0 Å². The molecule has 0 saturated heterocycles. The van der Waals surface area contributed by atoms with Crippen molar-refractivity contribution in [3.8, 4) is 0 Å². The molecule has 0 saturated carbocycles. The van der Waals surface area contributed by atoms with Gasteiger partial charge in [0.1, 0.15) is 11.7 Å². The highest BCUT2D eigenvalue weighted by molar-refractivity contribution is 5.92. The van der Waals surface area contributed by atoms with Gasteiger partial charge in [0.25, 0.3) is 0 Å². The lowest BCUT2D eigenvalue weighted by atomic mass is 10.4. The number of hydrazine groups is 1. The molecule has 1 rings (SSSR count). The molecule has 1 aliphatic heterocycles. The average molecular weight is 142 g/mol. The third kappa shape index (κ3) is 1.02. The van der Waals surface area contributed by atoms with Gasteiger partial charge in [-0.1, -0.05) is 0 Å². The highest BCUT2D eigenvalue weighted by atomic mass is 15.5. The standard InChI is InChI=1S/C4H10N6/c5-2-1-3(6)10(8)4(7)9-2/h1,4H,6-8H2,(H2,5,9). The summed E-state index contributed by atoms with van der Waals surface area (Å²) in [5, 5.41) is 1.14. The fourth-order valence-corrected chi connectivity index (χ4v) is 0.631. The van der Waals surface area contributed by atoms with E-state index in [1.54, 1.807) is 0 Å². The number of aliphatic imine (C=N–C) groups is 1. The average Bonchev–Trinajstić information content (AvgIpc) is 1.82. The van der Waals surface area contributed by atoms with E-state index in [1.165, 1.54) is 6.08 Å². The Bertz CT molecular complexity index is 194. The van der Waals surface area contributed by atoms with Crippen LogP contribution in [0.25, 0.3) is 0 Å². The summed E-state index contributed by atoms with van der Waals surface area (Å²) >= 11 is 0. The summed E-state index contributed by atoms with van der Waals surface area (Å²) in [6.07, 6.45) is 0.786. The Labute approximate surface area is 58.1 Å². The summed E-state index contributed by atoms with van der Waals surface area (Å²) < 4.78 is 0. The van der Waals surface area contributed by atoms with Crippen LogP contribution in [-0.2, 0) is 0 Å². The molecular weight excluding hydrogens is 132 g/mol. The van der Waals surface area contributed by atoms with Gasteiger partial charge in [0.15, 0.2) is 6.29 Å². The molecule has 0 aliphatic carbocycles. The van der Waals surface area contributed by atoms with Crippen molar-refractivity contribution in [2.75, 3.05) is 0 Å². The van der Waals surface area contributed by atoms with Crippen LogP contribution in [-0.4, -0.2) is 17.1 Å². The molecule has 1 unspecified atom stereocenters. The second-order valence-electron chi connectivity index (χ2n) is 1.94. The van der Waals surface area contributed by atoms with Crippen LogP contribution in [0.5, 0.6) is 0 Å². The number of hydrogen-bond donors (Lipinski definition) is 4. The Balaban J connectivity index is 2.85. The monoisotopic (exact) mass is 142 g/mol.